The summed E-state index contributed by atoms with van der Waals surface area (Å²) in [6.45, 7) is 7.51. The van der Waals surface area contributed by atoms with Crippen LogP contribution in [-0.2, 0) is 13.2 Å². The van der Waals surface area contributed by atoms with Crippen molar-refractivity contribution in [3.63, 3.8) is 0 Å². The molecule has 0 aliphatic carbocycles. The predicted molar refractivity (Wildman–Crippen MR) is 93.8 cm³/mol. The maximum atomic E-state index is 6.31. The van der Waals surface area contributed by atoms with Gasteiger partial charge in [0.05, 0.1) is 10.0 Å². The Labute approximate surface area is 142 Å². The van der Waals surface area contributed by atoms with Gasteiger partial charge < -0.3 is 10.1 Å². The third-order valence-electron chi connectivity index (χ3n) is 3.11. The van der Waals surface area contributed by atoms with E-state index in [0.29, 0.717) is 28.9 Å². The first kappa shape index (κ1) is 17.1. The monoisotopic (exact) mass is 337 g/mol. The van der Waals surface area contributed by atoms with Gasteiger partial charge in [-0.15, -0.1) is 0 Å². The molecule has 0 amide bonds. The second-order valence-electron chi connectivity index (χ2n) is 6.27. The van der Waals surface area contributed by atoms with E-state index in [2.05, 4.69) is 26.1 Å². The maximum Gasteiger partial charge on any atom is 0.156 e. The number of hydrogen-bond donors (Lipinski definition) is 1. The van der Waals surface area contributed by atoms with Gasteiger partial charge in [0.2, 0.25) is 0 Å². The summed E-state index contributed by atoms with van der Waals surface area (Å²) in [6, 6.07) is 13.7. The second kappa shape index (κ2) is 7.36. The number of rotatable bonds is 5. The molecule has 0 fully saturated rings. The minimum absolute atomic E-state index is 0.0431. The third-order valence-corrected chi connectivity index (χ3v) is 3.67. The third kappa shape index (κ3) is 5.20. The van der Waals surface area contributed by atoms with Gasteiger partial charge in [-0.2, -0.15) is 0 Å². The highest BCUT2D eigenvalue weighted by atomic mass is 35.5. The molecule has 0 aliphatic rings. The molecule has 0 radical (unpaired) electrons. The predicted octanol–water partition coefficient (Wildman–Crippen LogP) is 5.46. The summed E-state index contributed by atoms with van der Waals surface area (Å²) >= 11 is 12.6. The standard InChI is InChI=1S/C18H21Cl2NO/c1-18(2,3)21-11-14-9-15(19)17(16(20)10-14)22-12-13-7-5-4-6-8-13/h4-10,21H,11-12H2,1-3H3. The second-order valence-corrected chi connectivity index (χ2v) is 7.08. The number of ether oxygens (including phenoxy) is 1. The SMILES string of the molecule is CC(C)(C)NCc1cc(Cl)c(OCc2ccccc2)c(Cl)c1. The zero-order chi connectivity index (χ0) is 16.2. The van der Waals surface area contributed by atoms with Crippen LogP contribution in [0.25, 0.3) is 0 Å². The number of halogens is 2. The molecule has 118 valence electrons. The normalized spacial score (nSPS) is 11.5. The summed E-state index contributed by atoms with van der Waals surface area (Å²) in [4.78, 5) is 0. The first-order valence-electron chi connectivity index (χ1n) is 7.25. The first-order valence-corrected chi connectivity index (χ1v) is 8.00. The summed E-state index contributed by atoms with van der Waals surface area (Å²) in [6.07, 6.45) is 0. The van der Waals surface area contributed by atoms with Crippen molar-refractivity contribution in [1.29, 1.82) is 0 Å². The lowest BCUT2D eigenvalue weighted by Gasteiger charge is -2.21. The Morgan fingerprint density at radius 2 is 1.55 bits per heavy atom. The smallest absolute Gasteiger partial charge is 0.156 e. The zero-order valence-electron chi connectivity index (χ0n) is 13.1. The molecule has 0 heterocycles. The summed E-state index contributed by atoms with van der Waals surface area (Å²) in [7, 11) is 0. The molecule has 4 heteroatoms. The molecule has 2 rings (SSSR count). The van der Waals surface area contributed by atoms with Gasteiger partial charge in [-0.05, 0) is 44.0 Å². The zero-order valence-corrected chi connectivity index (χ0v) is 14.6. The van der Waals surface area contributed by atoms with E-state index < -0.39 is 0 Å². The molecule has 0 aliphatic heterocycles. The Hall–Kier alpha value is -1.22. The van der Waals surface area contributed by atoms with E-state index in [1.54, 1.807) is 0 Å². The summed E-state index contributed by atoms with van der Waals surface area (Å²) in [5, 5.41) is 4.48. The van der Waals surface area contributed by atoms with Crippen LogP contribution in [0.15, 0.2) is 42.5 Å². The molecule has 0 bridgehead atoms. The average Bonchev–Trinajstić information content (AvgIpc) is 2.44. The van der Waals surface area contributed by atoms with E-state index in [1.807, 2.05) is 42.5 Å². The van der Waals surface area contributed by atoms with Crippen LogP contribution in [0.5, 0.6) is 5.75 Å². The van der Waals surface area contributed by atoms with E-state index in [9.17, 15) is 0 Å². The lowest BCUT2D eigenvalue weighted by atomic mass is 10.1. The van der Waals surface area contributed by atoms with Crippen molar-refractivity contribution in [1.82, 2.24) is 5.32 Å². The molecule has 1 N–H and O–H groups in total. The van der Waals surface area contributed by atoms with Gasteiger partial charge in [0.1, 0.15) is 6.61 Å². The quantitative estimate of drug-likeness (QED) is 0.781. The van der Waals surface area contributed by atoms with Gasteiger partial charge in [-0.1, -0.05) is 53.5 Å². The van der Waals surface area contributed by atoms with Crippen LogP contribution in [0.3, 0.4) is 0 Å². The molecule has 2 aromatic carbocycles. The minimum Gasteiger partial charge on any atom is -0.486 e. The number of nitrogens with one attached hydrogen (secondary N) is 1. The molecule has 22 heavy (non-hydrogen) atoms. The van der Waals surface area contributed by atoms with Crippen molar-refractivity contribution in [2.75, 3.05) is 0 Å². The van der Waals surface area contributed by atoms with Crippen molar-refractivity contribution in [3.05, 3.63) is 63.6 Å². The molecule has 0 saturated heterocycles. The fourth-order valence-electron chi connectivity index (χ4n) is 1.95. The van der Waals surface area contributed by atoms with Crippen molar-refractivity contribution >= 4 is 23.2 Å². The fourth-order valence-corrected chi connectivity index (χ4v) is 2.59. The number of benzene rings is 2. The van der Waals surface area contributed by atoms with E-state index in [0.717, 1.165) is 11.1 Å². The molecule has 0 aromatic heterocycles. The van der Waals surface area contributed by atoms with Crippen molar-refractivity contribution in [3.8, 4) is 5.75 Å². The molecule has 0 spiro atoms. The van der Waals surface area contributed by atoms with E-state index >= 15 is 0 Å². The summed E-state index contributed by atoms with van der Waals surface area (Å²) in [5.41, 5.74) is 2.16. The molecule has 2 aromatic rings. The van der Waals surface area contributed by atoms with Crippen molar-refractivity contribution < 1.29 is 4.74 Å². The Morgan fingerprint density at radius 1 is 0.955 bits per heavy atom. The van der Waals surface area contributed by atoms with Crippen LogP contribution in [-0.4, -0.2) is 5.54 Å². The van der Waals surface area contributed by atoms with Gasteiger partial charge in [-0.25, -0.2) is 0 Å². The number of hydrogen-bond acceptors (Lipinski definition) is 2. The Morgan fingerprint density at radius 3 is 2.09 bits per heavy atom. The lowest BCUT2D eigenvalue weighted by Crippen LogP contribution is -2.35. The van der Waals surface area contributed by atoms with E-state index in [4.69, 9.17) is 27.9 Å². The summed E-state index contributed by atoms with van der Waals surface area (Å²) < 4.78 is 5.77. The van der Waals surface area contributed by atoms with Crippen LogP contribution in [0.2, 0.25) is 10.0 Å². The average molecular weight is 338 g/mol. The van der Waals surface area contributed by atoms with Gasteiger partial charge in [0.15, 0.2) is 5.75 Å². The molecule has 0 atom stereocenters. The van der Waals surface area contributed by atoms with E-state index in [-0.39, 0.29) is 5.54 Å². The van der Waals surface area contributed by atoms with Gasteiger partial charge >= 0.3 is 0 Å². The Balaban J connectivity index is 2.06. The lowest BCUT2D eigenvalue weighted by molar-refractivity contribution is 0.306. The fraction of sp³-hybridized carbons (Fsp3) is 0.333. The van der Waals surface area contributed by atoms with Gasteiger partial charge in [0, 0.05) is 12.1 Å². The van der Waals surface area contributed by atoms with Crippen molar-refractivity contribution in [2.45, 2.75) is 39.5 Å². The van der Waals surface area contributed by atoms with Crippen LogP contribution in [0, 0.1) is 0 Å². The molecule has 0 unspecified atom stereocenters. The largest absolute Gasteiger partial charge is 0.486 e. The molecule has 2 nitrogen and oxygen atoms in total. The molecular formula is C18H21Cl2NO. The van der Waals surface area contributed by atoms with Crippen LogP contribution in [0.1, 0.15) is 31.9 Å². The van der Waals surface area contributed by atoms with E-state index in [1.165, 1.54) is 0 Å². The molecular weight excluding hydrogens is 317 g/mol. The van der Waals surface area contributed by atoms with Gasteiger partial charge in [-0.3, -0.25) is 0 Å². The highest BCUT2D eigenvalue weighted by molar-refractivity contribution is 6.37. The summed E-state index contributed by atoms with van der Waals surface area (Å²) in [5.74, 6) is 0.534. The minimum atomic E-state index is 0.0431. The molecule has 0 saturated carbocycles. The van der Waals surface area contributed by atoms with Gasteiger partial charge in [0.25, 0.3) is 0 Å². The highest BCUT2D eigenvalue weighted by Gasteiger charge is 2.13. The van der Waals surface area contributed by atoms with Crippen LogP contribution >= 0.6 is 23.2 Å². The Kier molecular flexibility index (Phi) is 5.74. The van der Waals surface area contributed by atoms with Crippen molar-refractivity contribution in [2.24, 2.45) is 0 Å². The Bertz CT molecular complexity index is 598. The van der Waals surface area contributed by atoms with Crippen LogP contribution in [0.4, 0.5) is 0 Å². The highest BCUT2D eigenvalue weighted by Crippen LogP contribution is 2.34. The maximum absolute atomic E-state index is 6.31. The first-order chi connectivity index (χ1) is 10.3. The topological polar surface area (TPSA) is 21.3 Å². The van der Waals surface area contributed by atoms with Crippen LogP contribution < -0.4 is 10.1 Å².